The van der Waals surface area contributed by atoms with Gasteiger partial charge in [0, 0.05) is 23.5 Å². The van der Waals surface area contributed by atoms with Gasteiger partial charge in [-0.15, -0.1) is 0 Å². The molecule has 0 aliphatic heterocycles. The van der Waals surface area contributed by atoms with Gasteiger partial charge in [0.25, 0.3) is 5.91 Å². The summed E-state index contributed by atoms with van der Waals surface area (Å²) in [7, 11) is 0. The average molecular weight is 485 g/mol. The third-order valence-corrected chi connectivity index (χ3v) is 6.94. The van der Waals surface area contributed by atoms with E-state index in [1.165, 1.54) is 6.07 Å². The first kappa shape index (κ1) is 24.5. The fourth-order valence-electron chi connectivity index (χ4n) is 5.29. The highest BCUT2D eigenvalue weighted by Crippen LogP contribution is 2.51. The van der Waals surface area contributed by atoms with Crippen LogP contribution in [0, 0.1) is 17.8 Å². The number of hydrogen-bond acceptors (Lipinski definition) is 9. The van der Waals surface area contributed by atoms with Crippen molar-refractivity contribution in [3.05, 3.63) is 51.5 Å². The highest BCUT2D eigenvalue weighted by molar-refractivity contribution is 6.24. The van der Waals surface area contributed by atoms with Gasteiger partial charge in [0.2, 0.25) is 5.78 Å². The zero-order valence-corrected chi connectivity index (χ0v) is 19.7. The summed E-state index contributed by atoms with van der Waals surface area (Å²) < 4.78 is 0. The van der Waals surface area contributed by atoms with Crippen LogP contribution in [0.2, 0.25) is 0 Å². The topological polar surface area (TPSA) is 180 Å². The zero-order chi connectivity index (χ0) is 25.8. The van der Waals surface area contributed by atoms with E-state index in [1.54, 1.807) is 13.0 Å². The number of rotatable bonds is 5. The van der Waals surface area contributed by atoms with Gasteiger partial charge in [0.15, 0.2) is 11.4 Å². The van der Waals surface area contributed by atoms with Gasteiger partial charge in [0.05, 0.1) is 11.3 Å². The molecule has 0 radical (unpaired) electrons. The second kappa shape index (κ2) is 8.53. The predicted octanol–water partition coefficient (Wildman–Crippen LogP) is 1.98. The van der Waals surface area contributed by atoms with Gasteiger partial charge in [0.1, 0.15) is 29.4 Å². The molecule has 1 aromatic rings. The molecule has 186 valence electrons. The molecule has 6 N–H and O–H groups in total. The molecule has 1 amide bonds. The maximum atomic E-state index is 13.5. The Morgan fingerprint density at radius 1 is 1.23 bits per heavy atom. The molecule has 0 spiro atoms. The van der Waals surface area contributed by atoms with E-state index >= 15 is 0 Å². The molecule has 0 saturated carbocycles. The monoisotopic (exact) mass is 484 g/mol. The highest BCUT2D eigenvalue weighted by Gasteiger charge is 2.59. The van der Waals surface area contributed by atoms with Gasteiger partial charge in [-0.1, -0.05) is 19.0 Å². The zero-order valence-electron chi connectivity index (χ0n) is 19.7. The minimum atomic E-state index is -2.58. The normalized spacial score (nSPS) is 26.5. The first-order valence-corrected chi connectivity index (χ1v) is 11.4. The molecule has 0 unspecified atom stereocenters. The lowest BCUT2D eigenvalue weighted by Crippen LogP contribution is -2.57. The summed E-state index contributed by atoms with van der Waals surface area (Å²) in [6, 6.07) is 2.97. The van der Waals surface area contributed by atoms with Crippen molar-refractivity contribution in [1.82, 2.24) is 0 Å². The van der Waals surface area contributed by atoms with E-state index in [-0.39, 0.29) is 42.1 Å². The first-order chi connectivity index (χ1) is 16.4. The molecule has 0 heterocycles. The van der Waals surface area contributed by atoms with Crippen molar-refractivity contribution in [1.29, 1.82) is 0 Å². The number of ketones is 2. The minimum absolute atomic E-state index is 0.0578. The number of aliphatic hydroxyl groups excluding tert-OH is 2. The molecule has 3 aliphatic carbocycles. The van der Waals surface area contributed by atoms with Gasteiger partial charge in [-0.05, 0) is 49.3 Å². The molecule has 3 atom stereocenters. The summed E-state index contributed by atoms with van der Waals surface area (Å²) in [4.78, 5) is 43.6. The Kier molecular flexibility index (Phi) is 5.96. The first-order valence-electron chi connectivity index (χ1n) is 11.4. The van der Waals surface area contributed by atoms with Crippen molar-refractivity contribution in [3.8, 4) is 5.75 Å². The van der Waals surface area contributed by atoms with Crippen LogP contribution < -0.4 is 5.73 Å². The quantitative estimate of drug-likeness (QED) is 0.239. The number of allylic oxidation sites excluding steroid dienone is 2. The number of amides is 1. The number of phenolic OH excluding ortho intramolecular Hbond substituents is 1. The van der Waals surface area contributed by atoms with Crippen LogP contribution in [0.25, 0.3) is 0 Å². The third-order valence-electron chi connectivity index (χ3n) is 6.94. The number of nitrogens with two attached hydrogens (primary N) is 1. The molecule has 10 heteroatoms. The van der Waals surface area contributed by atoms with Crippen LogP contribution in [0.4, 0.5) is 0 Å². The lowest BCUT2D eigenvalue weighted by Gasteiger charge is -2.45. The second-order valence-corrected chi connectivity index (χ2v) is 9.76. The lowest BCUT2D eigenvalue weighted by molar-refractivity contribution is -0.144. The minimum Gasteiger partial charge on any atom is -0.511 e. The molecule has 0 fully saturated rings. The molecular formula is C25H28N2O8. The van der Waals surface area contributed by atoms with Crippen LogP contribution in [0.15, 0.2) is 40.0 Å². The number of aliphatic hydroxyl groups is 3. The van der Waals surface area contributed by atoms with Gasteiger partial charge >= 0.3 is 0 Å². The number of primary amides is 1. The molecule has 0 saturated heterocycles. The molecule has 35 heavy (non-hydrogen) atoms. The van der Waals surface area contributed by atoms with Crippen molar-refractivity contribution in [3.63, 3.8) is 0 Å². The van der Waals surface area contributed by atoms with E-state index in [2.05, 4.69) is 5.16 Å². The van der Waals surface area contributed by atoms with Crippen LogP contribution in [0.3, 0.4) is 0 Å². The maximum absolute atomic E-state index is 13.5. The molecule has 1 aromatic carbocycles. The fourth-order valence-corrected chi connectivity index (χ4v) is 5.29. The van der Waals surface area contributed by atoms with Gasteiger partial charge in [-0.2, -0.15) is 0 Å². The van der Waals surface area contributed by atoms with Crippen molar-refractivity contribution in [2.24, 2.45) is 28.6 Å². The van der Waals surface area contributed by atoms with Crippen molar-refractivity contribution < 1.29 is 39.6 Å². The molecule has 10 nitrogen and oxygen atoms in total. The number of Topliss-reactive ketones (excluding diaryl/α,β-unsaturated/α-hetero) is 2. The molecule has 3 aliphatic rings. The highest BCUT2D eigenvalue weighted by atomic mass is 16.6. The summed E-state index contributed by atoms with van der Waals surface area (Å²) in [6.45, 7) is 6.07. The fraction of sp³-hybridized carbons (Fsp3) is 0.440. The second-order valence-electron chi connectivity index (χ2n) is 9.76. The van der Waals surface area contributed by atoms with Crippen LogP contribution in [-0.2, 0) is 20.8 Å². The predicted molar refractivity (Wildman–Crippen MR) is 124 cm³/mol. The number of nitrogens with zero attached hydrogens (tertiary/aromatic N) is 1. The van der Waals surface area contributed by atoms with Gasteiger partial charge < -0.3 is 31.0 Å². The van der Waals surface area contributed by atoms with E-state index in [1.807, 2.05) is 13.8 Å². The number of fused-ring (bicyclic) bond motifs is 3. The van der Waals surface area contributed by atoms with Crippen LogP contribution in [0.1, 0.15) is 55.1 Å². The number of hydrogen-bond donors (Lipinski definition) is 5. The molecule has 0 bridgehead atoms. The largest absolute Gasteiger partial charge is 0.511 e. The number of aromatic hydroxyl groups is 1. The van der Waals surface area contributed by atoms with Gasteiger partial charge in [-0.3, -0.25) is 14.4 Å². The van der Waals surface area contributed by atoms with Crippen LogP contribution in [-0.4, -0.2) is 55.8 Å². The SMILES string of the molecule is C/C(=N/OCC(C)C)c1ccc(O)c2c1C[C@H]1C[C@H]3CC(O)=C(C(N)=O)C(=O)[C@@]3(O)C(O)=C1C2=O. The van der Waals surface area contributed by atoms with Crippen molar-refractivity contribution >= 4 is 23.2 Å². The van der Waals surface area contributed by atoms with Gasteiger partial charge in [-0.25, -0.2) is 0 Å². The van der Waals surface area contributed by atoms with E-state index in [9.17, 15) is 34.8 Å². The molecule has 0 aromatic heterocycles. The Labute approximate surface area is 201 Å². The number of phenols is 1. The Bertz CT molecular complexity index is 1240. The summed E-state index contributed by atoms with van der Waals surface area (Å²) in [5.74, 6) is -6.30. The Morgan fingerprint density at radius 3 is 2.54 bits per heavy atom. The number of carbonyl (C=O) groups is 3. The van der Waals surface area contributed by atoms with E-state index in [0.29, 0.717) is 23.4 Å². The molecule has 4 rings (SSSR count). The summed E-state index contributed by atoms with van der Waals surface area (Å²) in [5.41, 5.74) is 3.17. The maximum Gasteiger partial charge on any atom is 0.255 e. The lowest BCUT2D eigenvalue weighted by atomic mass is 9.60. The number of carbonyl (C=O) groups excluding carboxylic acids is 3. The number of oxime groups is 1. The van der Waals surface area contributed by atoms with E-state index in [0.717, 1.165) is 0 Å². The Balaban J connectivity index is 1.82. The van der Waals surface area contributed by atoms with Crippen molar-refractivity contribution in [2.45, 2.75) is 45.6 Å². The average Bonchev–Trinajstić information content (AvgIpc) is 2.75. The van der Waals surface area contributed by atoms with E-state index in [4.69, 9.17) is 10.6 Å². The summed E-state index contributed by atoms with van der Waals surface area (Å²) in [6.07, 6.45) is -0.000951. The van der Waals surface area contributed by atoms with Crippen LogP contribution >= 0.6 is 0 Å². The molecular weight excluding hydrogens is 456 g/mol. The Morgan fingerprint density at radius 2 is 1.91 bits per heavy atom. The summed E-state index contributed by atoms with van der Waals surface area (Å²) in [5, 5.41) is 47.2. The van der Waals surface area contributed by atoms with E-state index < -0.39 is 52.0 Å². The van der Waals surface area contributed by atoms with Crippen LogP contribution in [0.5, 0.6) is 5.75 Å². The standard InChI is InChI=1S/C25H28N2O8/c1-10(2)9-35-27-11(3)14-4-5-16(28)19-15(14)7-12-6-13-8-17(29)20(24(26)33)23(32)25(13,34)22(31)18(12)21(19)30/h4-5,10,12-13,28-29,31,34H,6-9H2,1-3H3,(H2,26,33)/b27-11-/t12-,13+,25+/m1/s1. The summed E-state index contributed by atoms with van der Waals surface area (Å²) >= 11 is 0. The number of benzene rings is 1. The third kappa shape index (κ3) is 3.68. The smallest absolute Gasteiger partial charge is 0.255 e. The Hall–Kier alpha value is -3.66. The van der Waals surface area contributed by atoms with Crippen molar-refractivity contribution in [2.75, 3.05) is 6.61 Å².